The summed E-state index contributed by atoms with van der Waals surface area (Å²) in [4.78, 5) is 39.7. The van der Waals surface area contributed by atoms with Gasteiger partial charge in [0.2, 0.25) is 0 Å². The van der Waals surface area contributed by atoms with Gasteiger partial charge in [-0.15, -0.1) is 0 Å². The average molecular weight is 696 g/mol. The molecule has 0 aromatic heterocycles. The Morgan fingerprint density at radius 1 is 0.773 bits per heavy atom. The van der Waals surface area contributed by atoms with Crippen LogP contribution in [0.25, 0.3) is 6.08 Å². The molecule has 4 aromatic carbocycles. The number of nitrogens with zero attached hydrogens (tertiary/aromatic N) is 1. The van der Waals surface area contributed by atoms with Crippen molar-refractivity contribution >= 4 is 68.7 Å². The van der Waals surface area contributed by atoms with Gasteiger partial charge in [-0.3, -0.25) is 14.9 Å². The first-order chi connectivity index (χ1) is 21.2. The van der Waals surface area contributed by atoms with Gasteiger partial charge in [0.25, 0.3) is 11.8 Å². The quantitative estimate of drug-likeness (QED) is 0.134. The van der Waals surface area contributed by atoms with Crippen LogP contribution in [0.5, 0.6) is 17.2 Å². The van der Waals surface area contributed by atoms with Gasteiger partial charge in [0.15, 0.2) is 11.5 Å². The molecule has 1 fully saturated rings. The molecule has 0 spiro atoms. The van der Waals surface area contributed by atoms with Crippen molar-refractivity contribution < 1.29 is 28.6 Å². The number of imide groups is 2. The van der Waals surface area contributed by atoms with Crippen LogP contribution in [-0.2, 0) is 22.8 Å². The summed E-state index contributed by atoms with van der Waals surface area (Å²) < 4.78 is 18.7. The minimum atomic E-state index is -0.900. The number of carbonyl (C=O) groups is 3. The highest BCUT2D eigenvalue weighted by atomic mass is 79.9. The van der Waals surface area contributed by atoms with Crippen LogP contribution in [-0.4, -0.2) is 24.5 Å². The maximum atomic E-state index is 13.4. The third kappa shape index (κ3) is 7.24. The number of amides is 4. The normalized spacial score (nSPS) is 14.0. The molecule has 1 aliphatic heterocycles. The van der Waals surface area contributed by atoms with Crippen LogP contribution < -0.4 is 24.4 Å². The SMILES string of the molecule is CCOc1cc(COc2ccc(Br)cc2/C=C2/C(=O)NC(=O)N(c3ccc(Cl)c(Cl)c3)C2=O)ccc1OCc1ccccc1. The lowest BCUT2D eigenvalue weighted by Crippen LogP contribution is -2.54. The highest BCUT2D eigenvalue weighted by molar-refractivity contribution is 9.10. The predicted octanol–water partition coefficient (Wildman–Crippen LogP) is 7.98. The summed E-state index contributed by atoms with van der Waals surface area (Å²) in [5, 5.41) is 2.61. The maximum Gasteiger partial charge on any atom is 0.335 e. The Balaban J connectivity index is 1.37. The highest BCUT2D eigenvalue weighted by Crippen LogP contribution is 2.33. The van der Waals surface area contributed by atoms with Crippen LogP contribution in [0.2, 0.25) is 10.0 Å². The van der Waals surface area contributed by atoms with E-state index < -0.39 is 17.8 Å². The molecule has 0 atom stereocenters. The van der Waals surface area contributed by atoms with E-state index in [0.717, 1.165) is 16.0 Å². The van der Waals surface area contributed by atoms with E-state index in [1.165, 1.54) is 24.3 Å². The molecule has 0 bridgehead atoms. The summed E-state index contributed by atoms with van der Waals surface area (Å²) in [6, 6.07) is 24.0. The summed E-state index contributed by atoms with van der Waals surface area (Å²) in [7, 11) is 0. The Morgan fingerprint density at radius 2 is 1.50 bits per heavy atom. The molecule has 11 heteroatoms. The first kappa shape index (κ1) is 31.1. The van der Waals surface area contributed by atoms with Crippen molar-refractivity contribution in [3.63, 3.8) is 0 Å². The Morgan fingerprint density at radius 3 is 2.25 bits per heavy atom. The monoisotopic (exact) mass is 694 g/mol. The molecule has 1 saturated heterocycles. The number of benzene rings is 4. The largest absolute Gasteiger partial charge is 0.490 e. The van der Waals surface area contributed by atoms with Gasteiger partial charge < -0.3 is 14.2 Å². The van der Waals surface area contributed by atoms with Crippen LogP contribution in [0.15, 0.2) is 95.0 Å². The van der Waals surface area contributed by atoms with E-state index >= 15 is 0 Å². The van der Waals surface area contributed by atoms with Crippen molar-refractivity contribution in [2.24, 2.45) is 0 Å². The fourth-order valence-electron chi connectivity index (χ4n) is 4.36. The third-order valence-electron chi connectivity index (χ3n) is 6.47. The van der Waals surface area contributed by atoms with Crippen molar-refractivity contribution in [3.05, 3.63) is 122 Å². The number of ether oxygens (including phenoxy) is 3. The molecule has 0 aliphatic carbocycles. The van der Waals surface area contributed by atoms with Crippen molar-refractivity contribution in [3.8, 4) is 17.2 Å². The van der Waals surface area contributed by atoms with Gasteiger partial charge >= 0.3 is 6.03 Å². The zero-order valence-electron chi connectivity index (χ0n) is 23.3. The molecule has 0 unspecified atom stereocenters. The molecule has 224 valence electrons. The number of anilines is 1. The van der Waals surface area contributed by atoms with Crippen LogP contribution in [0.3, 0.4) is 0 Å². The van der Waals surface area contributed by atoms with Gasteiger partial charge in [0, 0.05) is 10.0 Å². The van der Waals surface area contributed by atoms with E-state index in [2.05, 4.69) is 21.2 Å². The number of carbonyl (C=O) groups excluding carboxylic acids is 3. The minimum Gasteiger partial charge on any atom is -0.490 e. The number of hydrogen-bond donors (Lipinski definition) is 1. The highest BCUT2D eigenvalue weighted by Gasteiger charge is 2.37. The van der Waals surface area contributed by atoms with Gasteiger partial charge in [0.1, 0.15) is 24.5 Å². The second-order valence-electron chi connectivity index (χ2n) is 9.52. The number of rotatable bonds is 10. The number of nitrogens with one attached hydrogen (secondary N) is 1. The zero-order chi connectivity index (χ0) is 31.2. The molecular formula is C33H25BrCl2N2O6. The lowest BCUT2D eigenvalue weighted by Gasteiger charge is -2.26. The van der Waals surface area contributed by atoms with E-state index in [9.17, 15) is 14.4 Å². The first-order valence-electron chi connectivity index (χ1n) is 13.4. The maximum absolute atomic E-state index is 13.4. The van der Waals surface area contributed by atoms with Crippen LogP contribution in [0.4, 0.5) is 10.5 Å². The summed E-state index contributed by atoms with van der Waals surface area (Å²) >= 11 is 15.5. The summed E-state index contributed by atoms with van der Waals surface area (Å²) in [6.07, 6.45) is 1.38. The zero-order valence-corrected chi connectivity index (χ0v) is 26.4. The third-order valence-corrected chi connectivity index (χ3v) is 7.71. The molecule has 4 amide bonds. The van der Waals surface area contributed by atoms with Crippen LogP contribution >= 0.6 is 39.1 Å². The van der Waals surface area contributed by atoms with E-state index in [4.69, 9.17) is 37.4 Å². The van der Waals surface area contributed by atoms with Crippen LogP contribution in [0, 0.1) is 0 Å². The molecule has 1 N–H and O–H groups in total. The van der Waals surface area contributed by atoms with Gasteiger partial charge in [0.05, 0.1) is 22.3 Å². The molecule has 8 nitrogen and oxygen atoms in total. The van der Waals surface area contributed by atoms with E-state index in [1.54, 1.807) is 18.2 Å². The Labute approximate surface area is 272 Å². The number of hydrogen-bond acceptors (Lipinski definition) is 6. The van der Waals surface area contributed by atoms with Gasteiger partial charge in [-0.25, -0.2) is 9.69 Å². The molecule has 0 saturated carbocycles. The topological polar surface area (TPSA) is 94.2 Å². The molecule has 1 aliphatic rings. The molecule has 5 rings (SSSR count). The number of halogens is 3. The van der Waals surface area contributed by atoms with E-state index in [0.29, 0.717) is 40.5 Å². The Kier molecular flexibility index (Phi) is 9.89. The minimum absolute atomic E-state index is 0.151. The lowest BCUT2D eigenvalue weighted by atomic mass is 10.1. The summed E-state index contributed by atoms with van der Waals surface area (Å²) in [5.74, 6) is -0.0672. The summed E-state index contributed by atoms with van der Waals surface area (Å²) in [5.41, 5.74) is 2.18. The van der Waals surface area contributed by atoms with Gasteiger partial charge in [-0.1, -0.05) is 75.5 Å². The van der Waals surface area contributed by atoms with E-state index in [1.807, 2.05) is 55.5 Å². The van der Waals surface area contributed by atoms with Crippen molar-refractivity contribution in [1.82, 2.24) is 5.32 Å². The fourth-order valence-corrected chi connectivity index (χ4v) is 5.03. The van der Waals surface area contributed by atoms with E-state index in [-0.39, 0.29) is 27.9 Å². The standard InChI is InChI=1S/C33H25BrCl2N2O6/c1-2-42-30-14-21(8-12-29(30)44-18-20-6-4-3-5-7-20)19-43-28-13-9-23(34)15-22(28)16-25-31(39)37-33(41)38(32(25)40)24-10-11-26(35)27(36)17-24/h3-17H,2,18-19H2,1H3,(H,37,39,41)/b25-16-. The molecule has 0 radical (unpaired) electrons. The Hall–Kier alpha value is -4.31. The second-order valence-corrected chi connectivity index (χ2v) is 11.2. The average Bonchev–Trinajstić information content (AvgIpc) is 3.00. The van der Waals surface area contributed by atoms with Crippen LogP contribution in [0.1, 0.15) is 23.6 Å². The molecule has 4 aromatic rings. The molecule has 44 heavy (non-hydrogen) atoms. The van der Waals surface area contributed by atoms with Gasteiger partial charge in [-0.05, 0) is 72.7 Å². The lowest BCUT2D eigenvalue weighted by molar-refractivity contribution is -0.122. The first-order valence-corrected chi connectivity index (χ1v) is 15.0. The number of barbiturate groups is 1. The Bertz CT molecular complexity index is 1760. The second kappa shape index (κ2) is 14.0. The van der Waals surface area contributed by atoms with Crippen molar-refractivity contribution in [2.45, 2.75) is 20.1 Å². The number of urea groups is 1. The summed E-state index contributed by atoms with van der Waals surface area (Å²) in [6.45, 7) is 2.90. The van der Waals surface area contributed by atoms with Gasteiger partial charge in [-0.2, -0.15) is 0 Å². The predicted molar refractivity (Wildman–Crippen MR) is 172 cm³/mol. The fraction of sp³-hybridized carbons (Fsp3) is 0.121. The van der Waals surface area contributed by atoms with Crippen molar-refractivity contribution in [2.75, 3.05) is 11.5 Å². The molecular weight excluding hydrogens is 671 g/mol. The van der Waals surface area contributed by atoms with Crippen molar-refractivity contribution in [1.29, 1.82) is 0 Å². The molecule has 1 heterocycles. The smallest absolute Gasteiger partial charge is 0.335 e.